The molecule has 2 aromatic rings. The minimum atomic E-state index is 0.727. The highest BCUT2D eigenvalue weighted by molar-refractivity contribution is 9.10. The van der Waals surface area contributed by atoms with Crippen LogP contribution in [0.15, 0.2) is 22.7 Å². The predicted octanol–water partition coefficient (Wildman–Crippen LogP) is 3.62. The molecule has 0 amide bonds. The first kappa shape index (κ1) is 13.6. The molecule has 0 atom stereocenters. The van der Waals surface area contributed by atoms with Crippen LogP contribution in [0, 0.1) is 13.8 Å². The molecule has 0 fully saturated rings. The van der Waals surface area contributed by atoms with Gasteiger partial charge >= 0.3 is 0 Å². The Kier molecular flexibility index (Phi) is 4.10. The maximum absolute atomic E-state index is 6.16. The Bertz CT molecular complexity index is 578. The van der Waals surface area contributed by atoms with E-state index >= 15 is 0 Å². The van der Waals surface area contributed by atoms with Gasteiger partial charge in [-0.25, -0.2) is 4.68 Å². The summed E-state index contributed by atoms with van der Waals surface area (Å²) < 4.78 is 2.93. The van der Waals surface area contributed by atoms with Gasteiger partial charge in [-0.05, 0) is 38.6 Å². The predicted molar refractivity (Wildman–Crippen MR) is 78.5 cm³/mol. The second-order valence-electron chi connectivity index (χ2n) is 4.20. The average Bonchev–Trinajstić information content (AvgIpc) is 2.60. The van der Waals surface area contributed by atoms with Crippen molar-refractivity contribution in [3.05, 3.63) is 44.6 Å². The van der Waals surface area contributed by atoms with E-state index in [1.54, 1.807) is 0 Å². The fourth-order valence-electron chi connectivity index (χ4n) is 1.88. The summed E-state index contributed by atoms with van der Waals surface area (Å²) in [4.78, 5) is 0. The molecular weight excluding hydrogens is 314 g/mol. The van der Waals surface area contributed by atoms with Crippen LogP contribution >= 0.6 is 27.5 Å². The van der Waals surface area contributed by atoms with Gasteiger partial charge in [0.05, 0.1) is 22.1 Å². The number of aryl methyl sites for hydroxylation is 1. The van der Waals surface area contributed by atoms with Gasteiger partial charge in [0.15, 0.2) is 0 Å². The van der Waals surface area contributed by atoms with Gasteiger partial charge in [0.25, 0.3) is 0 Å². The van der Waals surface area contributed by atoms with Crippen LogP contribution in [-0.2, 0) is 6.54 Å². The molecule has 0 saturated heterocycles. The molecule has 0 aliphatic carbocycles. The van der Waals surface area contributed by atoms with Crippen LogP contribution in [-0.4, -0.2) is 16.8 Å². The zero-order valence-corrected chi connectivity index (χ0v) is 12.9. The Morgan fingerprint density at radius 3 is 2.61 bits per heavy atom. The number of rotatable bonds is 3. The number of hydrogen-bond donors (Lipinski definition) is 1. The Labute approximate surface area is 120 Å². The molecule has 0 unspecified atom stereocenters. The van der Waals surface area contributed by atoms with Crippen molar-refractivity contribution >= 4 is 27.5 Å². The van der Waals surface area contributed by atoms with E-state index in [1.807, 2.05) is 31.6 Å². The smallest absolute Gasteiger partial charge is 0.0848 e. The maximum atomic E-state index is 6.16. The van der Waals surface area contributed by atoms with Crippen molar-refractivity contribution in [2.75, 3.05) is 7.05 Å². The molecule has 1 N–H and O–H groups in total. The molecule has 3 nitrogen and oxygen atoms in total. The van der Waals surface area contributed by atoms with Crippen LogP contribution in [0.4, 0.5) is 0 Å². The third kappa shape index (κ3) is 2.46. The summed E-state index contributed by atoms with van der Waals surface area (Å²) in [5.74, 6) is 0. The van der Waals surface area contributed by atoms with E-state index in [-0.39, 0.29) is 0 Å². The summed E-state index contributed by atoms with van der Waals surface area (Å²) in [6.07, 6.45) is 0. The van der Waals surface area contributed by atoms with E-state index < -0.39 is 0 Å². The van der Waals surface area contributed by atoms with Gasteiger partial charge in [0, 0.05) is 11.0 Å². The van der Waals surface area contributed by atoms with E-state index in [0.717, 1.165) is 33.1 Å². The molecular formula is C13H15BrClN3. The van der Waals surface area contributed by atoms with Crippen molar-refractivity contribution in [2.24, 2.45) is 0 Å². The number of nitrogens with one attached hydrogen (secondary N) is 1. The molecule has 0 bridgehead atoms. The summed E-state index contributed by atoms with van der Waals surface area (Å²) in [5, 5.41) is 8.31. The molecule has 96 valence electrons. The fraction of sp³-hybridized carbons (Fsp3) is 0.308. The number of aromatic nitrogens is 2. The molecule has 1 aromatic carbocycles. The molecule has 5 heteroatoms. The number of hydrogen-bond acceptors (Lipinski definition) is 2. The van der Waals surface area contributed by atoms with Crippen LogP contribution in [0.3, 0.4) is 0 Å². The molecule has 0 spiro atoms. The van der Waals surface area contributed by atoms with Crippen molar-refractivity contribution in [2.45, 2.75) is 20.4 Å². The van der Waals surface area contributed by atoms with Crippen LogP contribution in [0.2, 0.25) is 5.02 Å². The highest BCUT2D eigenvalue weighted by Gasteiger charge is 2.11. The maximum Gasteiger partial charge on any atom is 0.0848 e. The Hall–Kier alpha value is -0.840. The van der Waals surface area contributed by atoms with E-state index in [9.17, 15) is 0 Å². The first-order valence-electron chi connectivity index (χ1n) is 5.69. The van der Waals surface area contributed by atoms with Crippen LogP contribution < -0.4 is 5.32 Å². The van der Waals surface area contributed by atoms with Gasteiger partial charge in [-0.3, -0.25) is 0 Å². The van der Waals surface area contributed by atoms with Gasteiger partial charge in [-0.2, -0.15) is 5.10 Å². The molecule has 18 heavy (non-hydrogen) atoms. The van der Waals surface area contributed by atoms with Crippen molar-refractivity contribution in [1.29, 1.82) is 0 Å². The minimum Gasteiger partial charge on any atom is -0.316 e. The molecule has 1 aromatic heterocycles. The highest BCUT2D eigenvalue weighted by Crippen LogP contribution is 2.25. The molecule has 0 aliphatic rings. The summed E-state index contributed by atoms with van der Waals surface area (Å²) in [7, 11) is 1.93. The van der Waals surface area contributed by atoms with E-state index in [0.29, 0.717) is 0 Å². The Morgan fingerprint density at radius 1 is 1.39 bits per heavy atom. The normalized spacial score (nSPS) is 10.9. The minimum absolute atomic E-state index is 0.727. The van der Waals surface area contributed by atoms with E-state index in [1.165, 1.54) is 5.56 Å². The molecule has 0 saturated carbocycles. The van der Waals surface area contributed by atoms with Crippen molar-refractivity contribution < 1.29 is 0 Å². The zero-order chi connectivity index (χ0) is 13.3. The second kappa shape index (κ2) is 5.43. The van der Waals surface area contributed by atoms with Crippen LogP contribution in [0.1, 0.15) is 17.0 Å². The lowest BCUT2D eigenvalue weighted by molar-refractivity contribution is 0.806. The first-order chi connectivity index (χ1) is 8.54. The SMILES string of the molecule is CNCc1ccc(-n2nc(C)c(Cl)c2C)cc1Br. The topological polar surface area (TPSA) is 29.9 Å². The third-order valence-electron chi connectivity index (χ3n) is 2.85. The fourth-order valence-corrected chi connectivity index (χ4v) is 2.50. The number of nitrogens with zero attached hydrogens (tertiary/aromatic N) is 2. The van der Waals surface area contributed by atoms with Crippen molar-refractivity contribution in [3.8, 4) is 5.69 Å². The van der Waals surface area contributed by atoms with Gasteiger partial charge in [0.2, 0.25) is 0 Å². The van der Waals surface area contributed by atoms with Gasteiger partial charge < -0.3 is 5.32 Å². The van der Waals surface area contributed by atoms with E-state index in [2.05, 4.69) is 38.5 Å². The number of benzene rings is 1. The third-order valence-corrected chi connectivity index (χ3v) is 4.14. The summed E-state index contributed by atoms with van der Waals surface area (Å²) in [5.41, 5.74) is 4.04. The molecule has 1 heterocycles. The molecule has 0 aliphatic heterocycles. The standard InChI is InChI=1S/C13H15BrClN3/c1-8-13(15)9(2)18(17-8)11-5-4-10(7-16-3)12(14)6-11/h4-6,16H,7H2,1-3H3. The number of halogens is 2. The Balaban J connectivity index is 2.45. The van der Waals surface area contributed by atoms with E-state index in [4.69, 9.17) is 11.6 Å². The molecule has 2 rings (SSSR count). The monoisotopic (exact) mass is 327 g/mol. The van der Waals surface area contributed by atoms with Gasteiger partial charge in [0.1, 0.15) is 0 Å². The lowest BCUT2D eigenvalue weighted by Gasteiger charge is -2.08. The van der Waals surface area contributed by atoms with Gasteiger partial charge in [-0.15, -0.1) is 0 Å². The zero-order valence-electron chi connectivity index (χ0n) is 10.6. The second-order valence-corrected chi connectivity index (χ2v) is 5.43. The quantitative estimate of drug-likeness (QED) is 0.932. The first-order valence-corrected chi connectivity index (χ1v) is 6.86. The van der Waals surface area contributed by atoms with Crippen LogP contribution in [0.25, 0.3) is 5.69 Å². The molecule has 0 radical (unpaired) electrons. The van der Waals surface area contributed by atoms with Crippen molar-refractivity contribution in [1.82, 2.24) is 15.1 Å². The van der Waals surface area contributed by atoms with Crippen molar-refractivity contribution in [3.63, 3.8) is 0 Å². The van der Waals surface area contributed by atoms with Gasteiger partial charge in [-0.1, -0.05) is 33.6 Å². The summed E-state index contributed by atoms with van der Waals surface area (Å²) in [6, 6.07) is 6.19. The Morgan fingerprint density at radius 2 is 2.11 bits per heavy atom. The lowest BCUT2D eigenvalue weighted by Crippen LogP contribution is -2.06. The lowest BCUT2D eigenvalue weighted by atomic mass is 10.2. The highest BCUT2D eigenvalue weighted by atomic mass is 79.9. The van der Waals surface area contributed by atoms with Crippen LogP contribution in [0.5, 0.6) is 0 Å². The largest absolute Gasteiger partial charge is 0.316 e. The summed E-state index contributed by atoms with van der Waals surface area (Å²) in [6.45, 7) is 4.72. The average molecular weight is 329 g/mol. The summed E-state index contributed by atoms with van der Waals surface area (Å²) >= 11 is 9.75.